The molecule has 0 unspecified atom stereocenters. The van der Waals surface area contributed by atoms with Crippen LogP contribution >= 0.6 is 63.1 Å². The fourth-order valence-electron chi connectivity index (χ4n) is 3.18. The summed E-state index contributed by atoms with van der Waals surface area (Å²) in [6.07, 6.45) is -2.90. The summed E-state index contributed by atoms with van der Waals surface area (Å²) < 4.78 is 45.9. The molecule has 0 bridgehead atoms. The van der Waals surface area contributed by atoms with Crippen molar-refractivity contribution in [2.75, 3.05) is 4.90 Å². The van der Waals surface area contributed by atoms with Gasteiger partial charge in [-0.1, -0.05) is 65.4 Å². The third-order valence-electron chi connectivity index (χ3n) is 4.88. The summed E-state index contributed by atoms with van der Waals surface area (Å²) in [5, 5.41) is 1.02. The highest BCUT2D eigenvalue weighted by atomic mass is 79.9. The third-order valence-corrected chi connectivity index (χ3v) is 7.39. The molecular weight excluding hydrogens is 606 g/mol. The molecule has 180 valence electrons. The average molecular weight is 619 g/mol. The highest BCUT2D eigenvalue weighted by Gasteiger charge is 2.36. The Hall–Kier alpha value is -2.04. The van der Waals surface area contributed by atoms with E-state index in [1.807, 2.05) is 0 Å². The van der Waals surface area contributed by atoms with Crippen LogP contribution in [0.1, 0.15) is 16.7 Å². The standard InChI is InChI=1S/C24H13BrCl2F3NO2S2/c25-18-8-13(4-7-20(18)33-12-14-5-6-16(26)11-19(14)27)9-21-22(32)31(23(34)35-21)17-3-1-2-15(10-17)24(28,29)30/h1-11H,12H2/b21-9-. The molecule has 3 aromatic rings. The van der Waals surface area contributed by atoms with Crippen LogP contribution in [-0.2, 0) is 17.6 Å². The number of alkyl halides is 3. The number of thioether (sulfide) groups is 1. The summed E-state index contributed by atoms with van der Waals surface area (Å²) >= 11 is 21.8. The highest BCUT2D eigenvalue weighted by Crippen LogP contribution is 2.39. The van der Waals surface area contributed by atoms with Crippen molar-refractivity contribution in [1.82, 2.24) is 0 Å². The highest BCUT2D eigenvalue weighted by molar-refractivity contribution is 9.10. The van der Waals surface area contributed by atoms with Crippen molar-refractivity contribution < 1.29 is 22.7 Å². The number of nitrogens with zero attached hydrogens (tertiary/aromatic N) is 1. The number of amides is 1. The van der Waals surface area contributed by atoms with Crippen molar-refractivity contribution in [2.24, 2.45) is 0 Å². The van der Waals surface area contributed by atoms with E-state index in [0.717, 1.165) is 34.4 Å². The van der Waals surface area contributed by atoms with Gasteiger partial charge in [0.2, 0.25) is 0 Å². The Labute approximate surface area is 227 Å². The van der Waals surface area contributed by atoms with Crippen molar-refractivity contribution in [3.63, 3.8) is 0 Å². The molecule has 0 saturated carbocycles. The Morgan fingerprint density at radius 2 is 1.86 bits per heavy atom. The molecule has 3 aromatic carbocycles. The summed E-state index contributed by atoms with van der Waals surface area (Å²) in [5.41, 5.74) is 0.660. The van der Waals surface area contributed by atoms with Gasteiger partial charge < -0.3 is 4.74 Å². The van der Waals surface area contributed by atoms with E-state index in [1.54, 1.807) is 42.5 Å². The van der Waals surface area contributed by atoms with Crippen molar-refractivity contribution in [1.29, 1.82) is 0 Å². The van der Waals surface area contributed by atoms with E-state index in [9.17, 15) is 18.0 Å². The minimum atomic E-state index is -4.53. The van der Waals surface area contributed by atoms with Gasteiger partial charge in [-0.25, -0.2) is 0 Å². The first kappa shape index (κ1) is 26.0. The first-order chi connectivity index (χ1) is 16.5. The fourth-order valence-corrected chi connectivity index (χ4v) is 5.45. The van der Waals surface area contributed by atoms with E-state index in [-0.39, 0.29) is 16.6 Å². The van der Waals surface area contributed by atoms with Crippen LogP contribution in [0.3, 0.4) is 0 Å². The molecule has 0 spiro atoms. The van der Waals surface area contributed by atoms with Crippen LogP contribution in [0.4, 0.5) is 18.9 Å². The number of hydrogen-bond acceptors (Lipinski definition) is 4. The fraction of sp³-hybridized carbons (Fsp3) is 0.0833. The predicted octanol–water partition coefficient (Wildman–Crippen LogP) is 8.76. The molecule has 0 radical (unpaired) electrons. The zero-order valence-corrected chi connectivity index (χ0v) is 22.1. The molecule has 0 atom stereocenters. The van der Waals surface area contributed by atoms with Crippen LogP contribution in [-0.4, -0.2) is 10.2 Å². The summed E-state index contributed by atoms with van der Waals surface area (Å²) in [5.74, 6) is 0.0674. The van der Waals surface area contributed by atoms with E-state index in [2.05, 4.69) is 15.9 Å². The van der Waals surface area contributed by atoms with E-state index in [1.165, 1.54) is 12.1 Å². The Balaban J connectivity index is 1.51. The lowest BCUT2D eigenvalue weighted by molar-refractivity contribution is -0.137. The SMILES string of the molecule is O=C1/C(=C/c2ccc(OCc3ccc(Cl)cc3Cl)c(Br)c2)SC(=S)N1c1cccc(C(F)(F)F)c1. The second-order valence-electron chi connectivity index (χ2n) is 7.28. The van der Waals surface area contributed by atoms with Gasteiger partial charge in [-0.3, -0.25) is 9.69 Å². The van der Waals surface area contributed by atoms with Crippen LogP contribution in [0.2, 0.25) is 10.0 Å². The summed E-state index contributed by atoms with van der Waals surface area (Å²) in [4.78, 5) is 14.4. The summed E-state index contributed by atoms with van der Waals surface area (Å²) in [7, 11) is 0. The number of hydrogen-bond donors (Lipinski definition) is 0. The normalized spacial score (nSPS) is 15.3. The first-order valence-corrected chi connectivity index (χ1v) is 12.6. The molecule has 1 fully saturated rings. The van der Waals surface area contributed by atoms with Gasteiger partial charge in [0.1, 0.15) is 12.4 Å². The molecule has 4 rings (SSSR count). The lowest BCUT2D eigenvalue weighted by Gasteiger charge is -2.16. The van der Waals surface area contributed by atoms with Gasteiger partial charge >= 0.3 is 6.18 Å². The maximum Gasteiger partial charge on any atom is 0.416 e. The maximum absolute atomic E-state index is 13.1. The topological polar surface area (TPSA) is 29.5 Å². The molecule has 1 aliphatic rings. The number of halogens is 6. The molecule has 0 N–H and O–H groups in total. The Bertz CT molecular complexity index is 1360. The maximum atomic E-state index is 13.1. The quantitative estimate of drug-likeness (QED) is 0.211. The van der Waals surface area contributed by atoms with Crippen molar-refractivity contribution in [2.45, 2.75) is 12.8 Å². The number of benzene rings is 3. The van der Waals surface area contributed by atoms with Crippen LogP contribution < -0.4 is 9.64 Å². The summed E-state index contributed by atoms with van der Waals surface area (Å²) in [6, 6.07) is 14.9. The zero-order valence-electron chi connectivity index (χ0n) is 17.4. The van der Waals surface area contributed by atoms with E-state index >= 15 is 0 Å². The average Bonchev–Trinajstić information content (AvgIpc) is 3.06. The number of rotatable bonds is 5. The number of thiocarbonyl (C=S) groups is 1. The molecule has 1 saturated heterocycles. The van der Waals surface area contributed by atoms with Crippen LogP contribution in [0, 0.1) is 0 Å². The molecule has 1 heterocycles. The number of carbonyl (C=O) groups is 1. The van der Waals surface area contributed by atoms with Gasteiger partial charge in [-0.05, 0) is 70.0 Å². The van der Waals surface area contributed by atoms with Crippen molar-refractivity contribution in [3.05, 3.63) is 96.8 Å². The molecule has 0 aromatic heterocycles. The van der Waals surface area contributed by atoms with Crippen molar-refractivity contribution in [3.8, 4) is 5.75 Å². The Kier molecular flexibility index (Phi) is 7.83. The Morgan fingerprint density at radius 1 is 1.09 bits per heavy atom. The van der Waals surface area contributed by atoms with Crippen molar-refractivity contribution >= 4 is 85.1 Å². The summed E-state index contributed by atoms with van der Waals surface area (Å²) in [6.45, 7) is 0.226. The Morgan fingerprint density at radius 3 is 2.54 bits per heavy atom. The zero-order chi connectivity index (χ0) is 25.3. The monoisotopic (exact) mass is 617 g/mol. The minimum absolute atomic E-state index is 0.0662. The number of anilines is 1. The van der Waals surface area contributed by atoms with E-state index < -0.39 is 17.6 Å². The van der Waals surface area contributed by atoms with Gasteiger partial charge in [-0.2, -0.15) is 13.2 Å². The second-order valence-corrected chi connectivity index (χ2v) is 10.7. The number of ether oxygens (including phenoxy) is 1. The molecular formula is C24H13BrCl2F3NO2S2. The molecule has 1 aliphatic heterocycles. The molecule has 0 aliphatic carbocycles. The largest absolute Gasteiger partial charge is 0.488 e. The van der Waals surface area contributed by atoms with Crippen LogP contribution in [0.15, 0.2) is 70.0 Å². The van der Waals surface area contributed by atoms with E-state index in [4.69, 9.17) is 40.2 Å². The van der Waals surface area contributed by atoms with Gasteiger partial charge in [0.05, 0.1) is 20.6 Å². The third kappa shape index (κ3) is 6.03. The predicted molar refractivity (Wildman–Crippen MR) is 142 cm³/mol. The lowest BCUT2D eigenvalue weighted by Crippen LogP contribution is -2.27. The van der Waals surface area contributed by atoms with Gasteiger partial charge in [0.15, 0.2) is 4.32 Å². The van der Waals surface area contributed by atoms with Crippen LogP contribution in [0.5, 0.6) is 5.75 Å². The van der Waals surface area contributed by atoms with Gasteiger partial charge in [-0.15, -0.1) is 0 Å². The van der Waals surface area contributed by atoms with Crippen LogP contribution in [0.25, 0.3) is 6.08 Å². The molecule has 1 amide bonds. The van der Waals surface area contributed by atoms with E-state index in [0.29, 0.717) is 30.7 Å². The lowest BCUT2D eigenvalue weighted by atomic mass is 10.1. The van der Waals surface area contributed by atoms with Gasteiger partial charge in [0.25, 0.3) is 5.91 Å². The minimum Gasteiger partial charge on any atom is -0.488 e. The number of carbonyl (C=O) groups excluding carboxylic acids is 1. The second kappa shape index (κ2) is 10.5. The first-order valence-electron chi connectivity index (χ1n) is 9.84. The smallest absolute Gasteiger partial charge is 0.416 e. The van der Waals surface area contributed by atoms with Gasteiger partial charge in [0, 0.05) is 15.6 Å². The molecule has 35 heavy (non-hydrogen) atoms. The molecule has 11 heteroatoms. The molecule has 3 nitrogen and oxygen atoms in total.